The second kappa shape index (κ2) is 59.4. The van der Waals surface area contributed by atoms with Crippen molar-refractivity contribution in [3.8, 4) is 0 Å². The molecule has 0 saturated heterocycles. The Labute approximate surface area is 440 Å². The van der Waals surface area contributed by atoms with Crippen molar-refractivity contribution in [3.63, 3.8) is 0 Å². The molecule has 0 aromatic heterocycles. The smallest absolute Gasteiger partial charge is 0.306 e. The van der Waals surface area contributed by atoms with Crippen molar-refractivity contribution in [1.29, 1.82) is 0 Å². The van der Waals surface area contributed by atoms with E-state index in [-0.39, 0.29) is 37.5 Å². The van der Waals surface area contributed by atoms with Gasteiger partial charge in [0.15, 0.2) is 6.10 Å². The van der Waals surface area contributed by atoms with Gasteiger partial charge in [0.05, 0.1) is 0 Å². The maximum Gasteiger partial charge on any atom is 0.306 e. The fourth-order valence-electron chi connectivity index (χ4n) is 8.54. The van der Waals surface area contributed by atoms with Gasteiger partial charge in [0.1, 0.15) is 13.2 Å². The molecule has 0 radical (unpaired) electrons. The van der Waals surface area contributed by atoms with Gasteiger partial charge in [-0.25, -0.2) is 0 Å². The minimum atomic E-state index is -0.804. The largest absolute Gasteiger partial charge is 0.462 e. The summed E-state index contributed by atoms with van der Waals surface area (Å²) in [6.45, 7) is 6.57. The van der Waals surface area contributed by atoms with E-state index in [0.717, 1.165) is 83.5 Å². The van der Waals surface area contributed by atoms with E-state index in [4.69, 9.17) is 14.2 Å². The Balaban J connectivity index is 4.42. The van der Waals surface area contributed by atoms with Crippen LogP contribution in [-0.4, -0.2) is 37.2 Å². The molecule has 0 spiro atoms. The van der Waals surface area contributed by atoms with Crippen LogP contribution in [0.1, 0.15) is 303 Å². The number of ether oxygens (including phenoxy) is 3. The Morgan fingerprint density at radius 3 is 0.887 bits per heavy atom. The number of carbonyl (C=O) groups excluding carboxylic acids is 3. The van der Waals surface area contributed by atoms with Gasteiger partial charge in [0, 0.05) is 19.3 Å². The lowest BCUT2D eigenvalue weighted by Gasteiger charge is -2.18. The van der Waals surface area contributed by atoms with E-state index in [1.807, 2.05) is 0 Å². The highest BCUT2D eigenvalue weighted by Crippen LogP contribution is 2.15. The minimum absolute atomic E-state index is 0.0961. The third kappa shape index (κ3) is 57.6. The first kappa shape index (κ1) is 67.8. The average Bonchev–Trinajstić information content (AvgIpc) is 3.37. The van der Waals surface area contributed by atoms with Crippen LogP contribution in [0, 0.1) is 0 Å². The molecule has 6 nitrogen and oxygen atoms in total. The van der Waals surface area contributed by atoms with E-state index in [1.165, 1.54) is 173 Å². The highest BCUT2D eigenvalue weighted by molar-refractivity contribution is 5.71. The second-order valence-electron chi connectivity index (χ2n) is 20.2. The summed E-state index contributed by atoms with van der Waals surface area (Å²) in [5, 5.41) is 0. The van der Waals surface area contributed by atoms with Gasteiger partial charge in [-0.05, 0) is 109 Å². The number of rotatable bonds is 55. The molecular weight excluding hydrogens is 877 g/mol. The van der Waals surface area contributed by atoms with Crippen LogP contribution >= 0.6 is 0 Å². The summed E-state index contributed by atoms with van der Waals surface area (Å²) in [6, 6.07) is 0. The van der Waals surface area contributed by atoms with Crippen LogP contribution in [0.3, 0.4) is 0 Å². The number of unbranched alkanes of at least 4 members (excludes halogenated alkanes) is 32. The molecule has 410 valence electrons. The van der Waals surface area contributed by atoms with Crippen LogP contribution in [0.2, 0.25) is 0 Å². The molecule has 0 saturated carbocycles. The number of hydrogen-bond donors (Lipinski definition) is 0. The summed E-state index contributed by atoms with van der Waals surface area (Å²) >= 11 is 0. The van der Waals surface area contributed by atoms with Crippen molar-refractivity contribution in [2.24, 2.45) is 0 Å². The van der Waals surface area contributed by atoms with Gasteiger partial charge in [-0.2, -0.15) is 0 Å². The third-order valence-electron chi connectivity index (χ3n) is 13.2. The summed E-state index contributed by atoms with van der Waals surface area (Å²) in [4.78, 5) is 38.2. The summed E-state index contributed by atoms with van der Waals surface area (Å²) in [5.41, 5.74) is 0. The summed E-state index contributed by atoms with van der Waals surface area (Å²) in [6.07, 6.45) is 76.2. The van der Waals surface area contributed by atoms with E-state index >= 15 is 0 Å². The number of esters is 3. The van der Waals surface area contributed by atoms with Gasteiger partial charge in [-0.3, -0.25) is 14.4 Å². The topological polar surface area (TPSA) is 78.9 Å². The molecule has 0 aromatic carbocycles. The zero-order chi connectivity index (χ0) is 51.4. The van der Waals surface area contributed by atoms with Crippen LogP contribution in [0.4, 0.5) is 0 Å². The standard InChI is InChI=1S/C65H114O6/c1-4-7-10-13-16-19-22-25-28-30-31-32-33-35-38-40-43-46-49-52-55-58-64(67)70-61-62(71-65(68)59-56-53-50-47-44-41-36-27-24-21-18-15-12-9-6-3)60-69-63(66)57-54-51-48-45-42-39-37-34-29-26-23-20-17-14-11-8-5-2/h18,21,25-29,36-37,39,45,48,62H,4-17,19-20,22-24,30-35,38,40-44,46-47,49-61H2,1-3H3/b21-18-,28-25-,29-26-,36-27-,39-37-,48-45-/t62-/m0/s1. The lowest BCUT2D eigenvalue weighted by Crippen LogP contribution is -2.30. The van der Waals surface area contributed by atoms with Crippen molar-refractivity contribution in [2.45, 2.75) is 309 Å². The Bertz CT molecular complexity index is 1320. The minimum Gasteiger partial charge on any atom is -0.462 e. The van der Waals surface area contributed by atoms with Crippen LogP contribution in [0.5, 0.6) is 0 Å². The summed E-state index contributed by atoms with van der Waals surface area (Å²) in [5.74, 6) is -0.955. The zero-order valence-electron chi connectivity index (χ0n) is 47.0. The molecule has 0 aromatic rings. The van der Waals surface area contributed by atoms with Crippen molar-refractivity contribution >= 4 is 17.9 Å². The highest BCUT2D eigenvalue weighted by Gasteiger charge is 2.19. The van der Waals surface area contributed by atoms with Crippen LogP contribution in [0.25, 0.3) is 0 Å². The Hall–Kier alpha value is -3.15. The van der Waals surface area contributed by atoms with Gasteiger partial charge in [0.2, 0.25) is 0 Å². The molecule has 0 bridgehead atoms. The van der Waals surface area contributed by atoms with Crippen molar-refractivity contribution < 1.29 is 28.6 Å². The summed E-state index contributed by atoms with van der Waals surface area (Å²) < 4.78 is 16.8. The van der Waals surface area contributed by atoms with E-state index in [0.29, 0.717) is 19.3 Å². The lowest BCUT2D eigenvalue weighted by molar-refractivity contribution is -0.167. The van der Waals surface area contributed by atoms with Gasteiger partial charge in [0.25, 0.3) is 0 Å². The second-order valence-corrected chi connectivity index (χ2v) is 20.2. The maximum atomic E-state index is 12.9. The van der Waals surface area contributed by atoms with Crippen LogP contribution < -0.4 is 0 Å². The highest BCUT2D eigenvalue weighted by atomic mass is 16.6. The molecule has 0 rings (SSSR count). The van der Waals surface area contributed by atoms with Crippen molar-refractivity contribution in [1.82, 2.24) is 0 Å². The molecule has 0 heterocycles. The Morgan fingerprint density at radius 1 is 0.282 bits per heavy atom. The molecule has 0 aliphatic heterocycles. The van der Waals surface area contributed by atoms with Crippen molar-refractivity contribution in [2.75, 3.05) is 13.2 Å². The predicted octanol–water partition coefficient (Wildman–Crippen LogP) is 20.5. The molecule has 0 aliphatic rings. The first-order chi connectivity index (χ1) is 35.0. The molecule has 71 heavy (non-hydrogen) atoms. The number of carbonyl (C=O) groups is 3. The van der Waals surface area contributed by atoms with Crippen molar-refractivity contribution in [3.05, 3.63) is 72.9 Å². The van der Waals surface area contributed by atoms with E-state index < -0.39 is 6.10 Å². The lowest BCUT2D eigenvalue weighted by atomic mass is 10.0. The molecule has 1 atom stereocenters. The molecule has 6 heteroatoms. The van der Waals surface area contributed by atoms with Gasteiger partial charge >= 0.3 is 17.9 Å². The maximum absolute atomic E-state index is 12.9. The van der Waals surface area contributed by atoms with E-state index in [1.54, 1.807) is 0 Å². The molecule has 0 unspecified atom stereocenters. The fraction of sp³-hybridized carbons (Fsp3) is 0.769. The summed E-state index contributed by atoms with van der Waals surface area (Å²) in [7, 11) is 0. The molecule has 0 aliphatic carbocycles. The first-order valence-corrected chi connectivity index (χ1v) is 30.4. The van der Waals surface area contributed by atoms with E-state index in [2.05, 4.69) is 93.7 Å². The van der Waals surface area contributed by atoms with Crippen LogP contribution in [-0.2, 0) is 28.6 Å². The fourth-order valence-corrected chi connectivity index (χ4v) is 8.54. The van der Waals surface area contributed by atoms with E-state index in [9.17, 15) is 14.4 Å². The van der Waals surface area contributed by atoms with Crippen LogP contribution in [0.15, 0.2) is 72.9 Å². The number of allylic oxidation sites excluding steroid dienone is 12. The quantitative estimate of drug-likeness (QED) is 0.0261. The SMILES string of the molecule is CCCCC/C=C\C/C=C\CCCCCCCC(=O)O[C@@H](COC(=O)CCC/C=C\C/C=C\C/C=C\CCCCCCCC)COC(=O)CCCCCCCCCCCCC/C=C\CCCCCCCC. The molecule has 0 amide bonds. The Morgan fingerprint density at radius 2 is 0.521 bits per heavy atom. The Kier molecular flexibility index (Phi) is 56.8. The molecular formula is C65H114O6. The monoisotopic (exact) mass is 991 g/mol. The third-order valence-corrected chi connectivity index (χ3v) is 13.2. The zero-order valence-corrected chi connectivity index (χ0v) is 47.0. The normalized spacial score (nSPS) is 12.5. The predicted molar refractivity (Wildman–Crippen MR) is 307 cm³/mol. The van der Waals surface area contributed by atoms with Gasteiger partial charge < -0.3 is 14.2 Å². The number of hydrogen-bond acceptors (Lipinski definition) is 6. The average molecular weight is 992 g/mol. The van der Waals surface area contributed by atoms with Gasteiger partial charge in [-0.15, -0.1) is 0 Å². The molecule has 0 N–H and O–H groups in total. The van der Waals surface area contributed by atoms with Gasteiger partial charge in [-0.1, -0.05) is 248 Å². The first-order valence-electron chi connectivity index (χ1n) is 30.4. The molecule has 0 fully saturated rings.